The molecule has 1 fully saturated rings. The summed E-state index contributed by atoms with van der Waals surface area (Å²) >= 11 is 0. The fourth-order valence-corrected chi connectivity index (χ4v) is 7.57. The van der Waals surface area contributed by atoms with E-state index in [2.05, 4.69) is 5.32 Å². The smallest absolute Gasteiger partial charge is 0.333 e. The maximum Gasteiger partial charge on any atom is 0.333 e. The van der Waals surface area contributed by atoms with Crippen molar-refractivity contribution in [2.75, 3.05) is 13.2 Å². The topological polar surface area (TPSA) is 274 Å². The lowest BCUT2D eigenvalue weighted by atomic mass is 9.93. The molecular weight excluding hydrogens is 701 g/mol. The van der Waals surface area contributed by atoms with Gasteiger partial charge in [0, 0.05) is 58.1 Å². The minimum absolute atomic E-state index is 0.00205. The van der Waals surface area contributed by atoms with Gasteiger partial charge in [-0.15, -0.1) is 5.06 Å². The number of hydrogen-bond acceptors (Lipinski definition) is 15. The Morgan fingerprint density at radius 1 is 0.708 bits per heavy atom. The van der Waals surface area contributed by atoms with Crippen molar-refractivity contribution in [2.24, 2.45) is 0 Å². The maximum absolute atomic E-state index is 12.5. The van der Waals surface area contributed by atoms with Gasteiger partial charge in [0.2, 0.25) is 0 Å². The number of hydroxylamine groups is 2. The standard InChI is InChI=1S/C28H26N2O15S3/c31-23(29-11-3-1-2-4-26(34)45-30-24(32)9-10-25(30)33)14-44-19-12-20(46(35,36)37)16-7-8-18-22(48(41,42)43)13-21(47(38,39)40)17-6-5-15(19)27(16)28(17)18/h5-8,12-13H,1-4,9-11,14H2,(H,29,31)(H,35,36,37)(H,38,39,40)(H,41,42,43)/p-3. The highest BCUT2D eigenvalue weighted by Crippen LogP contribution is 2.45. The zero-order valence-corrected chi connectivity index (χ0v) is 26.9. The van der Waals surface area contributed by atoms with Gasteiger partial charge in [0.15, 0.2) is 6.61 Å². The van der Waals surface area contributed by atoms with Crippen LogP contribution in [0.4, 0.5) is 0 Å². The van der Waals surface area contributed by atoms with Gasteiger partial charge in [-0.25, -0.2) is 30.0 Å². The molecular formula is C28H23N2O15S3-3. The van der Waals surface area contributed by atoms with E-state index in [1.54, 1.807) is 0 Å². The zero-order valence-electron chi connectivity index (χ0n) is 24.4. The summed E-state index contributed by atoms with van der Waals surface area (Å²) in [5, 5.41) is 1.50. The Morgan fingerprint density at radius 2 is 1.19 bits per heavy atom. The van der Waals surface area contributed by atoms with Crippen molar-refractivity contribution in [2.45, 2.75) is 53.2 Å². The van der Waals surface area contributed by atoms with Crippen LogP contribution in [-0.2, 0) is 54.4 Å². The van der Waals surface area contributed by atoms with E-state index in [0.29, 0.717) is 30.4 Å². The number of unbranched alkanes of at least 4 members (excludes halogenated alkanes) is 2. The van der Waals surface area contributed by atoms with Gasteiger partial charge < -0.3 is 28.5 Å². The van der Waals surface area contributed by atoms with Crippen LogP contribution >= 0.6 is 0 Å². The van der Waals surface area contributed by atoms with E-state index >= 15 is 0 Å². The average Bonchev–Trinajstić information content (AvgIpc) is 3.30. The second kappa shape index (κ2) is 12.9. The fourth-order valence-electron chi connectivity index (χ4n) is 5.40. The number of ether oxygens (including phenoxy) is 1. The molecule has 1 N–H and O–H groups in total. The van der Waals surface area contributed by atoms with Crippen molar-refractivity contribution in [1.82, 2.24) is 10.4 Å². The van der Waals surface area contributed by atoms with Crippen LogP contribution in [0.5, 0.6) is 5.75 Å². The Hall–Kier alpha value is -4.47. The Bertz CT molecular complexity index is 2270. The van der Waals surface area contributed by atoms with Crippen LogP contribution in [0.25, 0.3) is 32.3 Å². The summed E-state index contributed by atoms with van der Waals surface area (Å²) in [5.41, 5.74) is 0. The third-order valence-corrected chi connectivity index (χ3v) is 10.1. The second-order valence-electron chi connectivity index (χ2n) is 10.7. The van der Waals surface area contributed by atoms with Gasteiger partial charge in [0.05, 0.1) is 14.7 Å². The SMILES string of the molecule is O=C(COc1cc(S(=O)(=O)[O-])c2ccc3c(S(=O)(=O)[O-])cc(S(=O)(=O)[O-])c4ccc1c2c43)NCCCCCC(=O)ON1C(=O)CCC1=O. The van der Waals surface area contributed by atoms with Crippen molar-refractivity contribution in [3.63, 3.8) is 0 Å². The molecule has 1 aliphatic rings. The van der Waals surface area contributed by atoms with E-state index in [1.807, 2.05) is 0 Å². The summed E-state index contributed by atoms with van der Waals surface area (Å²) in [6.45, 7) is -0.579. The Kier molecular flexibility index (Phi) is 9.34. The van der Waals surface area contributed by atoms with E-state index in [4.69, 9.17) is 9.57 Å². The van der Waals surface area contributed by atoms with Gasteiger partial charge in [-0.3, -0.25) is 14.4 Å². The predicted molar refractivity (Wildman–Crippen MR) is 158 cm³/mol. The minimum atomic E-state index is -5.38. The predicted octanol–water partition coefficient (Wildman–Crippen LogP) is 0.959. The lowest BCUT2D eigenvalue weighted by Gasteiger charge is -2.22. The molecule has 4 aromatic rings. The van der Waals surface area contributed by atoms with Crippen molar-refractivity contribution in [3.05, 3.63) is 36.4 Å². The molecule has 0 bridgehead atoms. The van der Waals surface area contributed by atoms with Gasteiger partial charge in [-0.05, 0) is 31.0 Å². The molecule has 4 aromatic carbocycles. The highest BCUT2D eigenvalue weighted by Gasteiger charge is 2.32. The first-order chi connectivity index (χ1) is 22.4. The molecule has 1 heterocycles. The van der Waals surface area contributed by atoms with Crippen LogP contribution in [0.15, 0.2) is 51.1 Å². The number of hydrogen-bond donors (Lipinski definition) is 1. The first kappa shape index (κ1) is 34.9. The molecule has 256 valence electrons. The Morgan fingerprint density at radius 3 is 1.71 bits per heavy atom. The van der Waals surface area contributed by atoms with Crippen molar-refractivity contribution in [3.8, 4) is 5.75 Å². The highest BCUT2D eigenvalue weighted by atomic mass is 32.2. The van der Waals surface area contributed by atoms with Crippen LogP contribution in [-0.4, -0.2) is 80.8 Å². The number of carbonyl (C=O) groups is 4. The van der Waals surface area contributed by atoms with Gasteiger partial charge in [0.25, 0.3) is 17.7 Å². The molecule has 0 aromatic heterocycles. The van der Waals surface area contributed by atoms with Crippen LogP contribution in [0, 0.1) is 0 Å². The van der Waals surface area contributed by atoms with Crippen LogP contribution in [0.2, 0.25) is 0 Å². The number of imide groups is 1. The van der Waals surface area contributed by atoms with E-state index < -0.39 is 75.3 Å². The molecule has 0 radical (unpaired) electrons. The minimum Gasteiger partial charge on any atom is -0.744 e. The number of amides is 3. The monoisotopic (exact) mass is 723 g/mol. The van der Waals surface area contributed by atoms with Gasteiger partial charge in [-0.1, -0.05) is 24.6 Å². The molecule has 17 nitrogen and oxygen atoms in total. The van der Waals surface area contributed by atoms with Gasteiger partial charge in [0.1, 0.15) is 36.1 Å². The molecule has 48 heavy (non-hydrogen) atoms. The van der Waals surface area contributed by atoms with Crippen molar-refractivity contribution < 1.29 is 67.7 Å². The summed E-state index contributed by atoms with van der Waals surface area (Å²) in [6, 6.07) is 5.66. The van der Waals surface area contributed by atoms with E-state index in [9.17, 15) is 58.1 Å². The molecule has 0 atom stereocenters. The summed E-state index contributed by atoms with van der Waals surface area (Å²) in [5.74, 6) is -2.98. The molecule has 0 saturated carbocycles. The van der Waals surface area contributed by atoms with E-state index in [1.165, 1.54) is 6.07 Å². The summed E-state index contributed by atoms with van der Waals surface area (Å²) in [7, 11) is -16.0. The molecule has 5 rings (SSSR count). The third-order valence-electron chi connectivity index (χ3n) is 7.49. The summed E-state index contributed by atoms with van der Waals surface area (Å²) in [6.07, 6.45) is 1.01. The van der Waals surface area contributed by atoms with Gasteiger partial charge in [-0.2, -0.15) is 0 Å². The molecule has 0 aliphatic carbocycles. The largest absolute Gasteiger partial charge is 0.744 e. The lowest BCUT2D eigenvalue weighted by Crippen LogP contribution is -2.32. The Balaban J connectivity index is 1.34. The van der Waals surface area contributed by atoms with Crippen LogP contribution in [0.3, 0.4) is 0 Å². The molecule has 3 amide bonds. The number of nitrogens with one attached hydrogen (secondary N) is 1. The molecule has 1 saturated heterocycles. The number of rotatable bonds is 13. The Labute approximate surface area is 272 Å². The average molecular weight is 724 g/mol. The van der Waals surface area contributed by atoms with Gasteiger partial charge >= 0.3 is 5.97 Å². The number of nitrogens with zero attached hydrogens (tertiary/aromatic N) is 1. The third kappa shape index (κ3) is 7.03. The number of carbonyl (C=O) groups excluding carboxylic acids is 4. The quantitative estimate of drug-likeness (QED) is 0.0870. The maximum atomic E-state index is 12.5. The molecule has 1 aliphatic heterocycles. The first-order valence-corrected chi connectivity index (χ1v) is 18.2. The van der Waals surface area contributed by atoms with Crippen LogP contribution in [0.1, 0.15) is 38.5 Å². The number of benzene rings is 4. The molecule has 0 unspecified atom stereocenters. The van der Waals surface area contributed by atoms with Crippen LogP contribution < -0.4 is 10.1 Å². The van der Waals surface area contributed by atoms with E-state index in [-0.39, 0.29) is 63.9 Å². The lowest BCUT2D eigenvalue weighted by molar-refractivity contribution is -0.197. The summed E-state index contributed by atoms with van der Waals surface area (Å²) < 4.78 is 115. The normalized spacial score (nSPS) is 14.4. The van der Waals surface area contributed by atoms with Crippen molar-refractivity contribution >= 4 is 86.4 Å². The molecule has 0 spiro atoms. The zero-order chi connectivity index (χ0) is 35.2. The van der Waals surface area contributed by atoms with Crippen molar-refractivity contribution in [1.29, 1.82) is 0 Å². The highest BCUT2D eigenvalue weighted by molar-refractivity contribution is 7.87. The van der Waals surface area contributed by atoms with E-state index in [0.717, 1.165) is 24.3 Å². The molecule has 20 heteroatoms. The first-order valence-electron chi connectivity index (χ1n) is 14.0. The second-order valence-corrected chi connectivity index (χ2v) is 14.7. The summed E-state index contributed by atoms with van der Waals surface area (Å²) in [4.78, 5) is 49.2. The fraction of sp³-hybridized carbons (Fsp3) is 0.286.